The van der Waals surface area contributed by atoms with Gasteiger partial charge in [0.05, 0.1) is 12.5 Å². The molecule has 0 saturated carbocycles. The predicted molar refractivity (Wildman–Crippen MR) is 47.5 cm³/mol. The van der Waals surface area contributed by atoms with Crippen molar-refractivity contribution in [3.8, 4) is 6.07 Å². The summed E-state index contributed by atoms with van der Waals surface area (Å²) in [7, 11) is 0. The van der Waals surface area contributed by atoms with Crippen molar-refractivity contribution in [1.29, 1.82) is 5.26 Å². The second kappa shape index (κ2) is 4.76. The summed E-state index contributed by atoms with van der Waals surface area (Å²) in [6.07, 6.45) is 0.389. The fraction of sp³-hybridized carbons (Fsp3) is 0.222. The van der Waals surface area contributed by atoms with Gasteiger partial charge in [-0.2, -0.15) is 5.26 Å². The largest absolute Gasteiger partial charge is 0.198 e. The summed E-state index contributed by atoms with van der Waals surface area (Å²) in [5, 5.41) is 9.01. The first-order valence-electron chi connectivity index (χ1n) is 2.95. The maximum absolute atomic E-state index is 8.34. The highest BCUT2D eigenvalue weighted by molar-refractivity contribution is 6.31. The van der Waals surface area contributed by atoms with E-state index in [1.54, 1.807) is 6.07 Å². The van der Waals surface area contributed by atoms with Gasteiger partial charge in [0.1, 0.15) is 0 Å². The fourth-order valence-electron chi connectivity index (χ4n) is 0.727. The number of halogens is 1. The van der Waals surface area contributed by atoms with Crippen LogP contribution < -0.4 is 0 Å². The Balaban J connectivity index is 0.000001000. The van der Waals surface area contributed by atoms with E-state index in [0.717, 1.165) is 5.56 Å². The maximum Gasteiger partial charge on any atom is 0.0670 e. The van der Waals surface area contributed by atoms with Crippen molar-refractivity contribution < 1.29 is 0 Å². The van der Waals surface area contributed by atoms with E-state index < -0.39 is 0 Å². The van der Waals surface area contributed by atoms with Crippen molar-refractivity contribution in [3.05, 3.63) is 34.9 Å². The monoisotopic (exact) mass is 167 g/mol. The lowest BCUT2D eigenvalue weighted by atomic mass is 10.2. The molecular weight excluding hydrogens is 158 g/mol. The third kappa shape index (κ3) is 2.61. The summed E-state index contributed by atoms with van der Waals surface area (Å²) in [6, 6.07) is 9.40. The zero-order chi connectivity index (χ0) is 7.40. The van der Waals surface area contributed by atoms with E-state index in [4.69, 9.17) is 16.9 Å². The normalized spacial score (nSPS) is 8.00. The molecule has 0 aliphatic carbocycles. The van der Waals surface area contributed by atoms with Crippen LogP contribution in [-0.4, -0.2) is 0 Å². The minimum absolute atomic E-state index is 0. The van der Waals surface area contributed by atoms with Crippen molar-refractivity contribution >= 4 is 11.6 Å². The minimum atomic E-state index is 0. The Hall–Kier alpha value is -1.00. The van der Waals surface area contributed by atoms with E-state index in [1.807, 2.05) is 24.3 Å². The molecular formula is C9H10ClN. The highest BCUT2D eigenvalue weighted by Crippen LogP contribution is 2.14. The van der Waals surface area contributed by atoms with Crippen LogP contribution in [0, 0.1) is 11.3 Å². The number of hydrogen-bond donors (Lipinski definition) is 0. The predicted octanol–water partition coefficient (Wildman–Crippen LogP) is 3.04. The van der Waals surface area contributed by atoms with Crippen LogP contribution in [0.3, 0.4) is 0 Å². The second-order valence-corrected chi connectivity index (χ2v) is 2.33. The summed E-state index contributed by atoms with van der Waals surface area (Å²) in [5.74, 6) is 0. The third-order valence-electron chi connectivity index (χ3n) is 1.23. The van der Waals surface area contributed by atoms with Crippen LogP contribution in [0.5, 0.6) is 0 Å². The van der Waals surface area contributed by atoms with Gasteiger partial charge < -0.3 is 0 Å². The number of nitrogens with zero attached hydrogens (tertiary/aromatic N) is 1. The van der Waals surface area contributed by atoms with Gasteiger partial charge in [0.25, 0.3) is 0 Å². The number of nitriles is 1. The van der Waals surface area contributed by atoms with Gasteiger partial charge in [-0.15, -0.1) is 0 Å². The van der Waals surface area contributed by atoms with Gasteiger partial charge in [0.15, 0.2) is 0 Å². The Morgan fingerprint density at radius 3 is 2.55 bits per heavy atom. The first-order valence-corrected chi connectivity index (χ1v) is 3.33. The lowest BCUT2D eigenvalue weighted by molar-refractivity contribution is 1.26. The Bertz CT molecular complexity index is 263. The Morgan fingerprint density at radius 2 is 2.00 bits per heavy atom. The highest BCUT2D eigenvalue weighted by atomic mass is 35.5. The molecule has 0 N–H and O–H groups in total. The van der Waals surface area contributed by atoms with Gasteiger partial charge in [0.2, 0.25) is 0 Å². The summed E-state index contributed by atoms with van der Waals surface area (Å²) in [4.78, 5) is 0. The lowest BCUT2D eigenvalue weighted by Gasteiger charge is -1.94. The molecule has 11 heavy (non-hydrogen) atoms. The summed E-state index contributed by atoms with van der Waals surface area (Å²) in [5.41, 5.74) is 0.895. The minimum Gasteiger partial charge on any atom is -0.198 e. The van der Waals surface area contributed by atoms with Crippen LogP contribution in [-0.2, 0) is 6.42 Å². The molecule has 1 aromatic carbocycles. The summed E-state index contributed by atoms with van der Waals surface area (Å²) < 4.78 is 0. The van der Waals surface area contributed by atoms with Crippen molar-refractivity contribution in [1.82, 2.24) is 0 Å². The van der Waals surface area contributed by atoms with Crippen LogP contribution in [0.4, 0.5) is 0 Å². The number of hydrogen-bond acceptors (Lipinski definition) is 1. The van der Waals surface area contributed by atoms with Crippen molar-refractivity contribution in [2.45, 2.75) is 13.8 Å². The molecule has 1 nitrogen and oxygen atoms in total. The summed E-state index contributed by atoms with van der Waals surface area (Å²) >= 11 is 5.75. The average Bonchev–Trinajstić information content (AvgIpc) is 1.94. The third-order valence-corrected chi connectivity index (χ3v) is 1.60. The van der Waals surface area contributed by atoms with Crippen molar-refractivity contribution in [3.63, 3.8) is 0 Å². The zero-order valence-electron chi connectivity index (χ0n) is 5.34. The van der Waals surface area contributed by atoms with Gasteiger partial charge >= 0.3 is 0 Å². The molecule has 0 bridgehead atoms. The zero-order valence-corrected chi connectivity index (χ0v) is 6.10. The van der Waals surface area contributed by atoms with Gasteiger partial charge in [-0.25, -0.2) is 0 Å². The molecule has 0 aromatic heterocycles. The van der Waals surface area contributed by atoms with E-state index in [9.17, 15) is 0 Å². The molecule has 0 heterocycles. The van der Waals surface area contributed by atoms with E-state index in [1.165, 1.54) is 0 Å². The number of benzene rings is 1. The summed E-state index contributed by atoms with van der Waals surface area (Å²) in [6.45, 7) is 0. The molecule has 0 atom stereocenters. The molecule has 1 aromatic rings. The van der Waals surface area contributed by atoms with Crippen LogP contribution in [0.25, 0.3) is 0 Å². The quantitative estimate of drug-likeness (QED) is 0.631. The molecule has 0 aliphatic heterocycles. The average molecular weight is 168 g/mol. The molecule has 58 valence electrons. The highest BCUT2D eigenvalue weighted by Gasteiger charge is 1.94. The first-order chi connectivity index (χ1) is 4.84. The topological polar surface area (TPSA) is 23.8 Å². The second-order valence-electron chi connectivity index (χ2n) is 1.93. The maximum atomic E-state index is 8.34. The van der Waals surface area contributed by atoms with E-state index >= 15 is 0 Å². The fourth-order valence-corrected chi connectivity index (χ4v) is 0.929. The molecule has 0 radical (unpaired) electrons. The molecule has 0 aliphatic rings. The smallest absolute Gasteiger partial charge is 0.0670 e. The van der Waals surface area contributed by atoms with E-state index in [0.29, 0.717) is 11.4 Å². The Labute approximate surface area is 72.2 Å². The number of rotatable bonds is 1. The molecule has 0 spiro atoms. The molecule has 0 fully saturated rings. The van der Waals surface area contributed by atoms with Gasteiger partial charge in [-0.3, -0.25) is 0 Å². The van der Waals surface area contributed by atoms with E-state index in [2.05, 4.69) is 0 Å². The van der Waals surface area contributed by atoms with Crippen molar-refractivity contribution in [2.24, 2.45) is 0 Å². The molecule has 2 heteroatoms. The van der Waals surface area contributed by atoms with Crippen LogP contribution in [0.2, 0.25) is 5.02 Å². The SMILES string of the molecule is C.N#CCc1ccccc1Cl. The van der Waals surface area contributed by atoms with Crippen LogP contribution in [0.15, 0.2) is 24.3 Å². The molecule has 0 saturated heterocycles. The molecule has 0 amide bonds. The lowest BCUT2D eigenvalue weighted by Crippen LogP contribution is -1.80. The molecule has 1 rings (SSSR count). The Kier molecular flexibility index (Phi) is 4.33. The first kappa shape index (κ1) is 10.0. The Morgan fingerprint density at radius 1 is 1.36 bits per heavy atom. The molecule has 0 unspecified atom stereocenters. The van der Waals surface area contributed by atoms with Crippen molar-refractivity contribution in [2.75, 3.05) is 0 Å². The van der Waals surface area contributed by atoms with Gasteiger partial charge in [-0.05, 0) is 11.6 Å². The van der Waals surface area contributed by atoms with Gasteiger partial charge in [-0.1, -0.05) is 37.2 Å². The van der Waals surface area contributed by atoms with Gasteiger partial charge in [0, 0.05) is 5.02 Å². The van der Waals surface area contributed by atoms with Crippen LogP contribution >= 0.6 is 11.6 Å². The standard InChI is InChI=1S/C8H6ClN.CH4/c9-8-4-2-1-3-7(8)5-6-10;/h1-4H,5H2;1H4. The van der Waals surface area contributed by atoms with Crippen LogP contribution in [0.1, 0.15) is 13.0 Å². The van der Waals surface area contributed by atoms with E-state index in [-0.39, 0.29) is 7.43 Å².